The number of ether oxygens (including phenoxy) is 1. The predicted molar refractivity (Wildman–Crippen MR) is 69.6 cm³/mol. The van der Waals surface area contributed by atoms with Gasteiger partial charge in [0.2, 0.25) is 0 Å². The smallest absolute Gasteiger partial charge is 0.123 e. The zero-order valence-corrected chi connectivity index (χ0v) is 10.8. The first-order valence-electron chi connectivity index (χ1n) is 5.46. The van der Waals surface area contributed by atoms with Crippen molar-refractivity contribution in [2.24, 2.45) is 0 Å². The Morgan fingerprint density at radius 2 is 2.00 bits per heavy atom. The summed E-state index contributed by atoms with van der Waals surface area (Å²) in [5.41, 5.74) is 2.10. The molecule has 2 aromatic rings. The van der Waals surface area contributed by atoms with E-state index in [1.54, 1.807) is 18.4 Å². The molecule has 0 aliphatic rings. The Hall–Kier alpha value is -1.39. The molecule has 0 saturated heterocycles. The minimum atomic E-state index is 0.172. The van der Waals surface area contributed by atoms with Crippen molar-refractivity contribution in [2.75, 3.05) is 13.7 Å². The molecular formula is C13H15NO2S. The number of hydrogen-bond donors (Lipinski definition) is 1. The summed E-state index contributed by atoms with van der Waals surface area (Å²) in [6.45, 7) is 2.15. The minimum Gasteiger partial charge on any atom is -0.497 e. The Balaban J connectivity index is 2.29. The van der Waals surface area contributed by atoms with Crippen molar-refractivity contribution >= 4 is 11.3 Å². The lowest BCUT2D eigenvalue weighted by Gasteiger charge is -1.99. The van der Waals surface area contributed by atoms with Crippen molar-refractivity contribution in [1.82, 2.24) is 4.98 Å². The van der Waals surface area contributed by atoms with E-state index in [2.05, 4.69) is 4.98 Å². The van der Waals surface area contributed by atoms with Crippen molar-refractivity contribution in [2.45, 2.75) is 13.3 Å². The molecule has 1 aromatic heterocycles. The van der Waals surface area contributed by atoms with Gasteiger partial charge in [0.25, 0.3) is 0 Å². The molecule has 0 amide bonds. The Morgan fingerprint density at radius 1 is 1.29 bits per heavy atom. The highest BCUT2D eigenvalue weighted by Crippen LogP contribution is 2.29. The highest BCUT2D eigenvalue weighted by atomic mass is 32.1. The number of hydrogen-bond acceptors (Lipinski definition) is 4. The molecule has 0 spiro atoms. The molecule has 3 nitrogen and oxygen atoms in total. The molecule has 1 N–H and O–H groups in total. The molecule has 0 unspecified atom stereocenters. The van der Waals surface area contributed by atoms with Gasteiger partial charge in [0.05, 0.1) is 12.8 Å². The molecule has 0 radical (unpaired) electrons. The fourth-order valence-corrected chi connectivity index (χ4v) is 2.68. The van der Waals surface area contributed by atoms with Gasteiger partial charge >= 0.3 is 0 Å². The van der Waals surface area contributed by atoms with E-state index in [4.69, 9.17) is 9.84 Å². The monoisotopic (exact) mass is 249 g/mol. The Morgan fingerprint density at radius 3 is 2.59 bits per heavy atom. The molecule has 90 valence electrons. The molecular weight excluding hydrogens is 234 g/mol. The van der Waals surface area contributed by atoms with Crippen LogP contribution in [-0.2, 0) is 6.42 Å². The fraction of sp³-hybridized carbons (Fsp3) is 0.308. The van der Waals surface area contributed by atoms with E-state index in [-0.39, 0.29) is 6.61 Å². The highest BCUT2D eigenvalue weighted by molar-refractivity contribution is 7.15. The van der Waals surface area contributed by atoms with Crippen LogP contribution in [0.1, 0.15) is 10.6 Å². The molecule has 4 heteroatoms. The number of benzene rings is 1. The van der Waals surface area contributed by atoms with Crippen molar-refractivity contribution in [3.63, 3.8) is 0 Å². The normalized spacial score (nSPS) is 10.5. The van der Waals surface area contributed by atoms with E-state index in [1.165, 1.54) is 0 Å². The van der Waals surface area contributed by atoms with E-state index < -0.39 is 0 Å². The maximum Gasteiger partial charge on any atom is 0.123 e. The summed E-state index contributed by atoms with van der Waals surface area (Å²) in [6, 6.07) is 7.86. The Kier molecular flexibility index (Phi) is 3.76. The van der Waals surface area contributed by atoms with Gasteiger partial charge in [-0.1, -0.05) is 0 Å². The molecule has 0 aliphatic heterocycles. The molecule has 0 saturated carbocycles. The summed E-state index contributed by atoms with van der Waals surface area (Å²) in [4.78, 5) is 5.67. The van der Waals surface area contributed by atoms with Gasteiger partial charge in [0.1, 0.15) is 10.8 Å². The average Bonchev–Trinajstić information content (AvgIpc) is 2.72. The van der Waals surface area contributed by atoms with Gasteiger partial charge < -0.3 is 9.84 Å². The number of aryl methyl sites for hydroxylation is 1. The predicted octanol–water partition coefficient (Wildman–Crippen LogP) is 2.66. The standard InChI is InChI=1S/C13H15NO2S/c1-9-12(7-8-15)17-13(14-9)10-3-5-11(16-2)6-4-10/h3-6,15H,7-8H2,1-2H3. The lowest BCUT2D eigenvalue weighted by molar-refractivity contribution is 0.300. The third-order valence-corrected chi connectivity index (χ3v) is 3.83. The fourth-order valence-electron chi connectivity index (χ4n) is 1.62. The number of methoxy groups -OCH3 is 1. The van der Waals surface area contributed by atoms with Crippen LogP contribution in [0, 0.1) is 6.92 Å². The molecule has 0 bridgehead atoms. The second-order valence-electron chi connectivity index (χ2n) is 3.73. The summed E-state index contributed by atoms with van der Waals surface area (Å²) >= 11 is 1.64. The zero-order chi connectivity index (χ0) is 12.3. The van der Waals surface area contributed by atoms with Crippen LogP contribution in [0.15, 0.2) is 24.3 Å². The van der Waals surface area contributed by atoms with Crippen LogP contribution in [-0.4, -0.2) is 23.8 Å². The first-order valence-corrected chi connectivity index (χ1v) is 6.28. The summed E-state index contributed by atoms with van der Waals surface area (Å²) in [6.07, 6.45) is 0.680. The summed E-state index contributed by atoms with van der Waals surface area (Å²) in [5, 5.41) is 9.95. The van der Waals surface area contributed by atoms with E-state index in [9.17, 15) is 0 Å². The van der Waals surface area contributed by atoms with E-state index in [0.717, 1.165) is 26.9 Å². The van der Waals surface area contributed by atoms with Crippen molar-refractivity contribution < 1.29 is 9.84 Å². The molecule has 0 aliphatic carbocycles. The number of thiazole rings is 1. The lowest BCUT2D eigenvalue weighted by Crippen LogP contribution is -1.88. The van der Waals surface area contributed by atoms with Crippen molar-refractivity contribution in [3.8, 4) is 16.3 Å². The molecule has 1 aromatic carbocycles. The zero-order valence-electron chi connectivity index (χ0n) is 9.93. The van der Waals surface area contributed by atoms with Crippen LogP contribution in [0.2, 0.25) is 0 Å². The van der Waals surface area contributed by atoms with E-state index in [0.29, 0.717) is 6.42 Å². The second-order valence-corrected chi connectivity index (χ2v) is 4.81. The van der Waals surface area contributed by atoms with Crippen LogP contribution in [0.3, 0.4) is 0 Å². The molecule has 2 rings (SSSR count). The number of aliphatic hydroxyl groups excluding tert-OH is 1. The average molecular weight is 249 g/mol. The second kappa shape index (κ2) is 5.29. The van der Waals surface area contributed by atoms with Gasteiger partial charge in [-0.15, -0.1) is 11.3 Å². The van der Waals surface area contributed by atoms with E-state index >= 15 is 0 Å². The van der Waals surface area contributed by atoms with Gasteiger partial charge in [-0.05, 0) is 31.2 Å². The van der Waals surface area contributed by atoms with Crippen LogP contribution in [0.4, 0.5) is 0 Å². The van der Waals surface area contributed by atoms with Crippen LogP contribution in [0.5, 0.6) is 5.75 Å². The highest BCUT2D eigenvalue weighted by Gasteiger charge is 2.08. The van der Waals surface area contributed by atoms with E-state index in [1.807, 2.05) is 31.2 Å². The number of aromatic nitrogens is 1. The number of nitrogens with zero attached hydrogens (tertiary/aromatic N) is 1. The Labute approximate surface area is 105 Å². The summed E-state index contributed by atoms with van der Waals surface area (Å²) in [7, 11) is 1.65. The van der Waals surface area contributed by atoms with Gasteiger partial charge in [0, 0.05) is 23.5 Å². The maximum absolute atomic E-state index is 8.95. The first kappa shape index (κ1) is 12.1. The summed E-state index contributed by atoms with van der Waals surface area (Å²) in [5.74, 6) is 0.845. The molecule has 0 fully saturated rings. The number of rotatable bonds is 4. The molecule has 0 atom stereocenters. The van der Waals surface area contributed by atoms with Crippen LogP contribution < -0.4 is 4.74 Å². The van der Waals surface area contributed by atoms with Crippen molar-refractivity contribution in [3.05, 3.63) is 34.8 Å². The third kappa shape index (κ3) is 2.65. The number of aliphatic hydroxyl groups is 1. The van der Waals surface area contributed by atoms with Gasteiger partial charge in [-0.3, -0.25) is 0 Å². The van der Waals surface area contributed by atoms with Crippen molar-refractivity contribution in [1.29, 1.82) is 0 Å². The van der Waals surface area contributed by atoms with Crippen LogP contribution >= 0.6 is 11.3 Å². The SMILES string of the molecule is COc1ccc(-c2nc(C)c(CCO)s2)cc1. The maximum atomic E-state index is 8.95. The van der Waals surface area contributed by atoms with Gasteiger partial charge in [-0.2, -0.15) is 0 Å². The third-order valence-electron chi connectivity index (χ3n) is 2.57. The topological polar surface area (TPSA) is 42.4 Å². The van der Waals surface area contributed by atoms with Gasteiger partial charge in [-0.25, -0.2) is 4.98 Å². The molecule has 17 heavy (non-hydrogen) atoms. The molecule has 1 heterocycles. The lowest BCUT2D eigenvalue weighted by atomic mass is 10.2. The van der Waals surface area contributed by atoms with Crippen LogP contribution in [0.25, 0.3) is 10.6 Å². The quantitative estimate of drug-likeness (QED) is 0.905. The summed E-state index contributed by atoms with van der Waals surface area (Å²) < 4.78 is 5.12. The Bertz CT molecular complexity index is 491. The minimum absolute atomic E-state index is 0.172. The first-order chi connectivity index (χ1) is 8.24. The van der Waals surface area contributed by atoms with Gasteiger partial charge in [0.15, 0.2) is 0 Å². The largest absolute Gasteiger partial charge is 0.497 e.